The third-order valence-electron chi connectivity index (χ3n) is 4.80. The maximum Gasteiger partial charge on any atom is 0.311 e. The third kappa shape index (κ3) is 5.11. The second-order valence-corrected chi connectivity index (χ2v) is 7.45. The molecule has 0 aliphatic carbocycles. The van der Waals surface area contributed by atoms with Crippen LogP contribution in [0, 0.1) is 0 Å². The molecule has 2 aromatic heterocycles. The van der Waals surface area contributed by atoms with E-state index in [4.69, 9.17) is 14.0 Å². The van der Waals surface area contributed by atoms with E-state index in [9.17, 15) is 9.59 Å². The number of carbonyl (C=O) groups is 2. The van der Waals surface area contributed by atoms with E-state index < -0.39 is 17.9 Å². The molecule has 3 rings (SSSR count). The first-order valence-corrected chi connectivity index (χ1v) is 10.3. The Morgan fingerprint density at radius 3 is 2.47 bits per heavy atom. The van der Waals surface area contributed by atoms with Gasteiger partial charge in [-0.25, -0.2) is 4.98 Å². The van der Waals surface area contributed by atoms with Crippen molar-refractivity contribution in [2.75, 3.05) is 7.11 Å². The number of nitrogens with zero attached hydrogens (tertiary/aromatic N) is 3. The number of pyridine rings is 1. The summed E-state index contributed by atoms with van der Waals surface area (Å²) in [5.74, 6) is 0.184. The molecule has 2 heterocycles. The van der Waals surface area contributed by atoms with E-state index in [0.29, 0.717) is 11.7 Å². The SMILES string of the molecule is CCC(=O)Oc1c(OC)ccnc1C(=O)N[C@@H](C)c1nc(-c2ccc(C(C)C)cc2)no1. The van der Waals surface area contributed by atoms with E-state index in [0.717, 1.165) is 5.56 Å². The van der Waals surface area contributed by atoms with Gasteiger partial charge in [-0.2, -0.15) is 4.98 Å². The molecule has 0 radical (unpaired) electrons. The lowest BCUT2D eigenvalue weighted by molar-refractivity contribution is -0.134. The van der Waals surface area contributed by atoms with Crippen LogP contribution < -0.4 is 14.8 Å². The van der Waals surface area contributed by atoms with Crippen molar-refractivity contribution in [1.29, 1.82) is 0 Å². The summed E-state index contributed by atoms with van der Waals surface area (Å²) < 4.78 is 15.8. The lowest BCUT2D eigenvalue weighted by atomic mass is 10.0. The number of hydrogen-bond acceptors (Lipinski definition) is 8. The van der Waals surface area contributed by atoms with Gasteiger partial charge in [0.2, 0.25) is 17.5 Å². The van der Waals surface area contributed by atoms with Gasteiger partial charge in [0.1, 0.15) is 6.04 Å². The number of benzene rings is 1. The zero-order valence-corrected chi connectivity index (χ0v) is 18.7. The highest BCUT2D eigenvalue weighted by Gasteiger charge is 2.24. The van der Waals surface area contributed by atoms with Crippen LogP contribution in [0.25, 0.3) is 11.4 Å². The molecule has 3 aromatic rings. The molecule has 1 amide bonds. The summed E-state index contributed by atoms with van der Waals surface area (Å²) in [7, 11) is 1.41. The summed E-state index contributed by atoms with van der Waals surface area (Å²) in [6.45, 7) is 7.60. The van der Waals surface area contributed by atoms with Crippen LogP contribution in [0.5, 0.6) is 11.5 Å². The second-order valence-electron chi connectivity index (χ2n) is 7.45. The maximum atomic E-state index is 12.9. The minimum absolute atomic E-state index is 0.0389. The Balaban J connectivity index is 1.77. The van der Waals surface area contributed by atoms with E-state index in [1.165, 1.54) is 24.9 Å². The first kappa shape index (κ1) is 22.9. The van der Waals surface area contributed by atoms with Crippen LogP contribution >= 0.6 is 0 Å². The van der Waals surface area contributed by atoms with Gasteiger partial charge in [-0.15, -0.1) is 0 Å². The predicted octanol–water partition coefficient (Wildman–Crippen LogP) is 4.07. The number of carbonyl (C=O) groups excluding carboxylic acids is 2. The van der Waals surface area contributed by atoms with Crippen molar-refractivity contribution in [1.82, 2.24) is 20.4 Å². The molecular formula is C23H26N4O5. The minimum atomic E-state index is -0.610. The molecule has 32 heavy (non-hydrogen) atoms. The average molecular weight is 438 g/mol. The van der Waals surface area contributed by atoms with Gasteiger partial charge < -0.3 is 19.3 Å². The van der Waals surface area contributed by atoms with Gasteiger partial charge in [0.15, 0.2) is 11.4 Å². The molecule has 0 saturated carbocycles. The standard InChI is InChI=1S/C23H26N4O5/c1-6-18(28)31-20-17(30-5)11-12-24-19(20)22(29)25-14(4)23-26-21(27-32-23)16-9-7-15(8-10-16)13(2)3/h7-14H,6H2,1-5H3,(H,25,29)/t14-/m0/s1. The molecule has 0 unspecified atom stereocenters. The van der Waals surface area contributed by atoms with Gasteiger partial charge in [0, 0.05) is 24.2 Å². The number of rotatable bonds is 8. The molecule has 0 spiro atoms. The van der Waals surface area contributed by atoms with Gasteiger partial charge in [0.25, 0.3) is 5.91 Å². The molecule has 0 bridgehead atoms. The van der Waals surface area contributed by atoms with Gasteiger partial charge in [-0.1, -0.05) is 50.2 Å². The fourth-order valence-corrected chi connectivity index (χ4v) is 2.91. The number of aromatic nitrogens is 3. The largest absolute Gasteiger partial charge is 0.493 e. The molecule has 9 nitrogen and oxygen atoms in total. The Labute approximate surface area is 186 Å². The fraction of sp³-hybridized carbons (Fsp3) is 0.348. The topological polar surface area (TPSA) is 116 Å². The molecule has 9 heteroatoms. The summed E-state index contributed by atoms with van der Waals surface area (Å²) in [6.07, 6.45) is 1.53. The van der Waals surface area contributed by atoms with Gasteiger partial charge in [-0.3, -0.25) is 9.59 Å². The molecule has 0 saturated heterocycles. The highest BCUT2D eigenvalue weighted by molar-refractivity contribution is 5.96. The maximum absolute atomic E-state index is 12.9. The second kappa shape index (κ2) is 10.0. The lowest BCUT2D eigenvalue weighted by Crippen LogP contribution is -2.28. The molecule has 0 fully saturated rings. The Hall–Kier alpha value is -3.75. The zero-order chi connectivity index (χ0) is 23.3. The smallest absolute Gasteiger partial charge is 0.311 e. The molecule has 1 N–H and O–H groups in total. The summed E-state index contributed by atoms with van der Waals surface area (Å²) in [4.78, 5) is 33.1. The monoisotopic (exact) mass is 438 g/mol. The van der Waals surface area contributed by atoms with Crippen molar-refractivity contribution in [3.05, 3.63) is 53.7 Å². The molecule has 0 aliphatic heterocycles. The average Bonchev–Trinajstić information content (AvgIpc) is 3.29. The van der Waals surface area contributed by atoms with Crippen molar-refractivity contribution >= 4 is 11.9 Å². The van der Waals surface area contributed by atoms with Crippen molar-refractivity contribution in [2.24, 2.45) is 0 Å². The first-order valence-electron chi connectivity index (χ1n) is 10.3. The lowest BCUT2D eigenvalue weighted by Gasteiger charge is -2.14. The zero-order valence-electron chi connectivity index (χ0n) is 18.7. The van der Waals surface area contributed by atoms with Crippen LogP contribution in [-0.2, 0) is 4.79 Å². The quantitative estimate of drug-likeness (QED) is 0.523. The Morgan fingerprint density at radius 1 is 1.12 bits per heavy atom. The number of methoxy groups -OCH3 is 1. The summed E-state index contributed by atoms with van der Waals surface area (Å²) >= 11 is 0. The summed E-state index contributed by atoms with van der Waals surface area (Å²) in [5, 5.41) is 6.75. The van der Waals surface area contributed by atoms with Crippen molar-refractivity contribution in [3.63, 3.8) is 0 Å². The van der Waals surface area contributed by atoms with Crippen LogP contribution in [0.15, 0.2) is 41.1 Å². The van der Waals surface area contributed by atoms with E-state index in [-0.39, 0.29) is 29.5 Å². The molecular weight excluding hydrogens is 412 g/mol. The molecule has 168 valence electrons. The summed E-state index contributed by atoms with van der Waals surface area (Å²) in [5.41, 5.74) is 1.94. The number of ether oxygens (including phenoxy) is 2. The summed E-state index contributed by atoms with van der Waals surface area (Å²) in [6, 6.07) is 8.81. The van der Waals surface area contributed by atoms with Crippen LogP contribution in [-0.4, -0.2) is 34.1 Å². The normalized spacial score (nSPS) is 11.8. The van der Waals surface area contributed by atoms with Crippen LogP contribution in [0.2, 0.25) is 0 Å². The third-order valence-corrected chi connectivity index (χ3v) is 4.80. The number of hydrogen-bond donors (Lipinski definition) is 1. The van der Waals surface area contributed by atoms with Crippen molar-refractivity contribution in [2.45, 2.75) is 46.1 Å². The molecule has 0 aliphatic rings. The van der Waals surface area contributed by atoms with Gasteiger partial charge in [-0.05, 0) is 18.4 Å². The van der Waals surface area contributed by atoms with Crippen molar-refractivity contribution < 1.29 is 23.6 Å². The van der Waals surface area contributed by atoms with Crippen LogP contribution in [0.3, 0.4) is 0 Å². The van der Waals surface area contributed by atoms with Gasteiger partial charge in [0.05, 0.1) is 7.11 Å². The number of esters is 1. The van der Waals surface area contributed by atoms with Gasteiger partial charge >= 0.3 is 5.97 Å². The van der Waals surface area contributed by atoms with E-state index in [1.54, 1.807) is 13.8 Å². The fourth-order valence-electron chi connectivity index (χ4n) is 2.91. The van der Waals surface area contributed by atoms with E-state index >= 15 is 0 Å². The number of nitrogens with one attached hydrogen (secondary N) is 1. The minimum Gasteiger partial charge on any atom is -0.493 e. The Morgan fingerprint density at radius 2 is 1.84 bits per heavy atom. The first-order chi connectivity index (χ1) is 15.3. The van der Waals surface area contributed by atoms with Crippen LogP contribution in [0.4, 0.5) is 0 Å². The van der Waals surface area contributed by atoms with Crippen LogP contribution in [0.1, 0.15) is 68.0 Å². The highest BCUT2D eigenvalue weighted by Crippen LogP contribution is 2.30. The number of amides is 1. The van der Waals surface area contributed by atoms with E-state index in [1.807, 2.05) is 24.3 Å². The highest BCUT2D eigenvalue weighted by atomic mass is 16.6. The van der Waals surface area contributed by atoms with E-state index in [2.05, 4.69) is 34.3 Å². The Bertz CT molecular complexity index is 1090. The molecule has 1 aromatic carbocycles. The van der Waals surface area contributed by atoms with Crippen molar-refractivity contribution in [3.8, 4) is 22.9 Å². The Kier molecular flexibility index (Phi) is 7.19. The molecule has 1 atom stereocenters. The predicted molar refractivity (Wildman–Crippen MR) is 116 cm³/mol.